The maximum atomic E-state index is 11.4. The van der Waals surface area contributed by atoms with E-state index in [-0.39, 0.29) is 18.3 Å². The van der Waals surface area contributed by atoms with Crippen LogP contribution in [-0.4, -0.2) is 24.1 Å². The Morgan fingerprint density at radius 1 is 1.41 bits per heavy atom. The van der Waals surface area contributed by atoms with Gasteiger partial charge in [-0.05, 0) is 27.2 Å². The number of rotatable bonds is 6. The molecule has 0 spiro atoms. The molecular weight excluding hydrogens is 222 g/mol. The molecule has 0 amide bonds. The minimum atomic E-state index is -1.12. The number of esters is 2. The van der Waals surface area contributed by atoms with Crippen molar-refractivity contribution in [1.29, 1.82) is 5.26 Å². The summed E-state index contributed by atoms with van der Waals surface area (Å²) in [6, 6.07) is 1.87. The largest absolute Gasteiger partial charge is 0.466 e. The third-order valence-corrected chi connectivity index (χ3v) is 2.11. The minimum Gasteiger partial charge on any atom is -0.466 e. The highest BCUT2D eigenvalue weighted by atomic mass is 16.6. The van der Waals surface area contributed by atoms with Crippen LogP contribution < -0.4 is 0 Å². The van der Waals surface area contributed by atoms with Crippen molar-refractivity contribution >= 4 is 11.9 Å². The van der Waals surface area contributed by atoms with E-state index in [9.17, 15) is 9.59 Å². The van der Waals surface area contributed by atoms with Gasteiger partial charge in [0.2, 0.25) is 0 Å². The molecule has 17 heavy (non-hydrogen) atoms. The monoisotopic (exact) mass is 241 g/mol. The molecule has 0 aliphatic heterocycles. The summed E-state index contributed by atoms with van der Waals surface area (Å²) in [5, 5.41) is 8.68. The fourth-order valence-corrected chi connectivity index (χ4v) is 1.10. The average molecular weight is 241 g/mol. The highest BCUT2D eigenvalue weighted by molar-refractivity contribution is 5.74. The molecule has 0 aliphatic rings. The zero-order valence-corrected chi connectivity index (χ0v) is 10.8. The summed E-state index contributed by atoms with van der Waals surface area (Å²) in [6.45, 7) is 6.78. The molecule has 0 saturated heterocycles. The SMILES string of the molecule is CCOC(=O)C(C)CCC(=O)OC(C)(C)C#N. The Morgan fingerprint density at radius 3 is 2.47 bits per heavy atom. The molecule has 1 unspecified atom stereocenters. The zero-order chi connectivity index (χ0) is 13.5. The Hall–Kier alpha value is -1.57. The number of hydrogen-bond acceptors (Lipinski definition) is 5. The molecule has 0 rings (SSSR count). The van der Waals surface area contributed by atoms with E-state index in [0.29, 0.717) is 13.0 Å². The van der Waals surface area contributed by atoms with Gasteiger partial charge in [0.25, 0.3) is 0 Å². The van der Waals surface area contributed by atoms with Gasteiger partial charge in [-0.15, -0.1) is 0 Å². The Labute approximate surface area is 102 Å². The van der Waals surface area contributed by atoms with Crippen molar-refractivity contribution in [3.8, 4) is 6.07 Å². The molecule has 0 heterocycles. The second kappa shape index (κ2) is 6.89. The number of ether oxygens (including phenoxy) is 2. The van der Waals surface area contributed by atoms with Gasteiger partial charge in [0, 0.05) is 6.42 Å². The summed E-state index contributed by atoms with van der Waals surface area (Å²) in [7, 11) is 0. The van der Waals surface area contributed by atoms with Crippen molar-refractivity contribution in [2.75, 3.05) is 6.61 Å². The molecule has 0 saturated carbocycles. The molecule has 1 atom stereocenters. The Balaban J connectivity index is 4.01. The Morgan fingerprint density at radius 2 is 2.00 bits per heavy atom. The smallest absolute Gasteiger partial charge is 0.308 e. The maximum absolute atomic E-state index is 11.4. The summed E-state index contributed by atoms with van der Waals surface area (Å²) in [6.07, 6.45) is 0.463. The van der Waals surface area contributed by atoms with Crippen LogP contribution in [0.3, 0.4) is 0 Å². The topological polar surface area (TPSA) is 76.4 Å². The number of nitrogens with zero attached hydrogens (tertiary/aromatic N) is 1. The normalized spacial score (nSPS) is 12.4. The molecule has 0 radical (unpaired) electrons. The molecule has 0 fully saturated rings. The zero-order valence-electron chi connectivity index (χ0n) is 10.8. The van der Waals surface area contributed by atoms with Crippen molar-refractivity contribution in [1.82, 2.24) is 0 Å². The molecule has 5 nitrogen and oxygen atoms in total. The van der Waals surface area contributed by atoms with Crippen LogP contribution in [0.4, 0.5) is 0 Å². The van der Waals surface area contributed by atoms with Gasteiger partial charge in [0.1, 0.15) is 6.07 Å². The summed E-state index contributed by atoms with van der Waals surface area (Å²) in [5.41, 5.74) is -1.12. The van der Waals surface area contributed by atoms with Gasteiger partial charge in [-0.25, -0.2) is 0 Å². The quantitative estimate of drug-likeness (QED) is 0.663. The van der Waals surface area contributed by atoms with Gasteiger partial charge < -0.3 is 9.47 Å². The number of carbonyl (C=O) groups is 2. The molecule has 0 N–H and O–H groups in total. The van der Waals surface area contributed by atoms with Crippen LogP contribution >= 0.6 is 0 Å². The van der Waals surface area contributed by atoms with E-state index in [0.717, 1.165) is 0 Å². The van der Waals surface area contributed by atoms with Gasteiger partial charge in [-0.3, -0.25) is 9.59 Å². The second-order valence-corrected chi connectivity index (χ2v) is 4.29. The van der Waals surface area contributed by atoms with E-state index in [2.05, 4.69) is 0 Å². The van der Waals surface area contributed by atoms with Gasteiger partial charge in [0.05, 0.1) is 12.5 Å². The first-order chi connectivity index (χ1) is 7.82. The summed E-state index contributed by atoms with van der Waals surface area (Å²) >= 11 is 0. The number of carbonyl (C=O) groups excluding carboxylic acids is 2. The molecule has 0 bridgehead atoms. The van der Waals surface area contributed by atoms with Crippen LogP contribution in [0.1, 0.15) is 40.5 Å². The first-order valence-electron chi connectivity index (χ1n) is 5.62. The maximum Gasteiger partial charge on any atom is 0.308 e. The summed E-state index contributed by atoms with van der Waals surface area (Å²) in [5.74, 6) is -1.14. The van der Waals surface area contributed by atoms with Crippen LogP contribution in [-0.2, 0) is 19.1 Å². The fraction of sp³-hybridized carbons (Fsp3) is 0.750. The minimum absolute atomic E-state index is 0.102. The number of nitriles is 1. The molecule has 0 aliphatic carbocycles. The van der Waals surface area contributed by atoms with Crippen molar-refractivity contribution in [3.05, 3.63) is 0 Å². The van der Waals surface area contributed by atoms with Crippen LogP contribution in [0, 0.1) is 17.2 Å². The van der Waals surface area contributed by atoms with Gasteiger partial charge >= 0.3 is 11.9 Å². The lowest BCUT2D eigenvalue weighted by Gasteiger charge is -2.17. The van der Waals surface area contributed by atoms with E-state index >= 15 is 0 Å². The molecule has 5 heteroatoms. The van der Waals surface area contributed by atoms with Crippen LogP contribution in [0.25, 0.3) is 0 Å². The third kappa shape index (κ3) is 6.56. The van der Waals surface area contributed by atoms with Crippen molar-refractivity contribution in [3.63, 3.8) is 0 Å². The van der Waals surface area contributed by atoms with Crippen molar-refractivity contribution in [2.24, 2.45) is 5.92 Å². The predicted molar refractivity (Wildman–Crippen MR) is 60.8 cm³/mol. The van der Waals surface area contributed by atoms with E-state index in [1.807, 2.05) is 6.07 Å². The lowest BCUT2D eigenvalue weighted by molar-refractivity contribution is -0.153. The molecule has 0 aromatic carbocycles. The summed E-state index contributed by atoms with van der Waals surface area (Å²) < 4.78 is 9.74. The van der Waals surface area contributed by atoms with Crippen LogP contribution in [0.5, 0.6) is 0 Å². The highest BCUT2D eigenvalue weighted by Gasteiger charge is 2.23. The van der Waals surface area contributed by atoms with E-state index in [1.54, 1.807) is 13.8 Å². The lowest BCUT2D eigenvalue weighted by Crippen LogP contribution is -2.26. The van der Waals surface area contributed by atoms with Crippen molar-refractivity contribution < 1.29 is 19.1 Å². The molecular formula is C12H19NO4. The first-order valence-corrected chi connectivity index (χ1v) is 5.62. The van der Waals surface area contributed by atoms with Gasteiger partial charge in [0.15, 0.2) is 5.60 Å². The number of hydrogen-bond donors (Lipinski definition) is 0. The average Bonchev–Trinajstić information content (AvgIpc) is 2.25. The molecule has 0 aromatic heterocycles. The van der Waals surface area contributed by atoms with E-state index in [1.165, 1.54) is 13.8 Å². The van der Waals surface area contributed by atoms with Crippen LogP contribution in [0.2, 0.25) is 0 Å². The van der Waals surface area contributed by atoms with E-state index in [4.69, 9.17) is 14.7 Å². The fourth-order valence-electron chi connectivity index (χ4n) is 1.10. The second-order valence-electron chi connectivity index (χ2n) is 4.29. The van der Waals surface area contributed by atoms with Gasteiger partial charge in [-0.2, -0.15) is 5.26 Å². The van der Waals surface area contributed by atoms with E-state index < -0.39 is 11.6 Å². The molecule has 96 valence electrons. The first kappa shape index (κ1) is 15.4. The predicted octanol–water partition coefficient (Wildman–Crippen LogP) is 1.81. The van der Waals surface area contributed by atoms with Crippen molar-refractivity contribution in [2.45, 2.75) is 46.1 Å². The lowest BCUT2D eigenvalue weighted by atomic mass is 10.1. The Kier molecular flexibility index (Phi) is 6.26. The van der Waals surface area contributed by atoms with Gasteiger partial charge in [-0.1, -0.05) is 6.92 Å². The highest BCUT2D eigenvalue weighted by Crippen LogP contribution is 2.13. The standard InChI is InChI=1S/C12H19NO4/c1-5-16-11(15)9(2)6-7-10(14)17-12(3,4)8-13/h9H,5-7H2,1-4H3. The Bertz CT molecular complexity index is 317. The molecule has 0 aromatic rings. The summed E-state index contributed by atoms with van der Waals surface area (Å²) in [4.78, 5) is 22.6. The van der Waals surface area contributed by atoms with Crippen LogP contribution in [0.15, 0.2) is 0 Å². The third-order valence-electron chi connectivity index (χ3n) is 2.11.